The first kappa shape index (κ1) is 43.9. The van der Waals surface area contributed by atoms with Gasteiger partial charge in [-0.05, 0) is 61.1 Å². The van der Waals surface area contributed by atoms with Crippen LogP contribution in [0.4, 0.5) is 0 Å². The van der Waals surface area contributed by atoms with E-state index >= 15 is 0 Å². The van der Waals surface area contributed by atoms with Gasteiger partial charge in [0.25, 0.3) is 20.2 Å². The van der Waals surface area contributed by atoms with Crippen molar-refractivity contribution in [2.24, 2.45) is 0 Å². The summed E-state index contributed by atoms with van der Waals surface area (Å²) in [6.07, 6.45) is 28.3. The fourth-order valence-corrected chi connectivity index (χ4v) is 6.25. The van der Waals surface area contributed by atoms with Crippen molar-refractivity contribution in [2.45, 2.75) is 165 Å². The topological polar surface area (TPSA) is 109 Å². The molecule has 9 heteroatoms. The fourth-order valence-electron chi connectivity index (χ4n) is 5.29. The van der Waals surface area contributed by atoms with Gasteiger partial charge < -0.3 is 0 Å². The zero-order valence-corrected chi connectivity index (χ0v) is 32.8. The Bertz CT molecular complexity index is 1090. The smallest absolute Gasteiger partial charge is 0.282 e. The summed E-state index contributed by atoms with van der Waals surface area (Å²) in [5.74, 6) is 0. The van der Waals surface area contributed by atoms with Crippen LogP contribution >= 0.6 is 0 Å². The summed E-state index contributed by atoms with van der Waals surface area (Å²) >= 11 is 0. The number of unbranched alkanes of at least 4 members (excludes halogenated alkanes) is 18. The molecule has 0 spiro atoms. The first-order chi connectivity index (χ1) is 21.1. The van der Waals surface area contributed by atoms with E-state index in [-0.39, 0.29) is 29.3 Å². The Hall–Kier alpha value is -1.12. The Kier molecular flexibility index (Phi) is 26.2. The van der Waals surface area contributed by atoms with Crippen molar-refractivity contribution in [3.05, 3.63) is 59.7 Å². The molecule has 0 aliphatic heterocycles. The second-order valence-corrected chi connectivity index (χ2v) is 14.9. The minimum Gasteiger partial charge on any atom is -0.282 e. The van der Waals surface area contributed by atoms with Gasteiger partial charge in [0.1, 0.15) is 0 Å². The zero-order chi connectivity index (χ0) is 32.5. The predicted molar refractivity (Wildman–Crippen MR) is 184 cm³/mol. The van der Waals surface area contributed by atoms with Gasteiger partial charge in [-0.1, -0.05) is 154 Å². The van der Waals surface area contributed by atoms with Crippen molar-refractivity contribution >= 4 is 20.2 Å². The van der Waals surface area contributed by atoms with Crippen LogP contribution in [-0.2, 0) is 52.6 Å². The molecule has 0 aliphatic carbocycles. The SMILES string of the molecule is CCCCCCCCCCCCc1ccc(S(=O)(=O)O)cc1.CCCCCCCCCCCCc1ccc(S(=O)(=O)O)cc1.[Zn]. The Labute approximate surface area is 288 Å². The van der Waals surface area contributed by atoms with E-state index in [4.69, 9.17) is 9.11 Å². The third-order valence-corrected chi connectivity index (χ3v) is 9.82. The molecule has 254 valence electrons. The molecule has 0 heterocycles. The van der Waals surface area contributed by atoms with Crippen LogP contribution in [0.3, 0.4) is 0 Å². The molecule has 2 aromatic carbocycles. The summed E-state index contributed by atoms with van der Waals surface area (Å²) in [4.78, 5) is -0.0568. The van der Waals surface area contributed by atoms with E-state index in [9.17, 15) is 16.8 Å². The van der Waals surface area contributed by atoms with Gasteiger partial charge in [-0.3, -0.25) is 9.11 Å². The number of hydrogen-bond acceptors (Lipinski definition) is 4. The number of hydrogen-bond donors (Lipinski definition) is 2. The molecule has 0 amide bonds. The molecule has 2 N–H and O–H groups in total. The van der Waals surface area contributed by atoms with E-state index < -0.39 is 20.2 Å². The molecular formula is C36H60O6S2Zn. The molecule has 0 atom stereocenters. The maximum absolute atomic E-state index is 10.9. The van der Waals surface area contributed by atoms with E-state index in [1.807, 2.05) is 0 Å². The van der Waals surface area contributed by atoms with Crippen molar-refractivity contribution in [2.75, 3.05) is 0 Å². The van der Waals surface area contributed by atoms with Crippen LogP contribution in [0.25, 0.3) is 0 Å². The van der Waals surface area contributed by atoms with Gasteiger partial charge in [0.2, 0.25) is 0 Å². The average Bonchev–Trinajstić information content (AvgIpc) is 2.99. The van der Waals surface area contributed by atoms with Crippen LogP contribution in [0.5, 0.6) is 0 Å². The van der Waals surface area contributed by atoms with Gasteiger partial charge in [-0.15, -0.1) is 0 Å². The van der Waals surface area contributed by atoms with E-state index in [1.54, 1.807) is 24.3 Å². The summed E-state index contributed by atoms with van der Waals surface area (Å²) < 4.78 is 61.6. The molecule has 45 heavy (non-hydrogen) atoms. The van der Waals surface area contributed by atoms with E-state index in [0.29, 0.717) is 0 Å². The van der Waals surface area contributed by atoms with E-state index in [0.717, 1.165) is 36.8 Å². The number of rotatable bonds is 24. The molecule has 2 aromatic rings. The molecular weight excluding hydrogens is 658 g/mol. The third-order valence-electron chi connectivity index (χ3n) is 8.08. The summed E-state index contributed by atoms with van der Waals surface area (Å²) in [5, 5.41) is 0. The molecule has 0 aromatic heterocycles. The van der Waals surface area contributed by atoms with Crippen LogP contribution in [0.1, 0.15) is 153 Å². The van der Waals surface area contributed by atoms with Gasteiger partial charge in [-0.2, -0.15) is 16.8 Å². The monoisotopic (exact) mass is 716 g/mol. The second-order valence-electron chi connectivity index (χ2n) is 12.1. The average molecular weight is 718 g/mol. The van der Waals surface area contributed by atoms with Gasteiger partial charge in [0, 0.05) is 19.5 Å². The van der Waals surface area contributed by atoms with Crippen molar-refractivity contribution < 1.29 is 45.4 Å². The van der Waals surface area contributed by atoms with Crippen molar-refractivity contribution in [3.63, 3.8) is 0 Å². The Balaban J connectivity index is 0.000000842. The molecule has 0 unspecified atom stereocenters. The van der Waals surface area contributed by atoms with Gasteiger partial charge in [0.15, 0.2) is 0 Å². The number of aryl methyl sites for hydroxylation is 2. The van der Waals surface area contributed by atoms with Crippen LogP contribution in [-0.4, -0.2) is 25.9 Å². The van der Waals surface area contributed by atoms with Crippen LogP contribution in [0.15, 0.2) is 58.3 Å². The minimum atomic E-state index is -4.06. The predicted octanol–water partition coefficient (Wildman–Crippen LogP) is 10.8. The number of benzene rings is 2. The largest absolute Gasteiger partial charge is 0.294 e. The van der Waals surface area contributed by atoms with E-state index in [1.165, 1.54) is 140 Å². The normalized spacial score (nSPS) is 11.5. The minimum absolute atomic E-state index is 0. The van der Waals surface area contributed by atoms with Crippen LogP contribution in [0.2, 0.25) is 0 Å². The van der Waals surface area contributed by atoms with E-state index in [2.05, 4.69) is 13.8 Å². The van der Waals surface area contributed by atoms with Crippen LogP contribution < -0.4 is 0 Å². The molecule has 0 saturated carbocycles. The third kappa shape index (κ3) is 23.8. The Morgan fingerprint density at radius 2 is 0.622 bits per heavy atom. The van der Waals surface area contributed by atoms with Gasteiger partial charge in [-0.25, -0.2) is 0 Å². The standard InChI is InChI=1S/2C18H30O3S.Zn/c2*1-2-3-4-5-6-7-8-9-10-11-12-17-13-15-18(16-14-17)22(19,20)21;/h2*13-16H,2-12H2,1H3,(H,19,20,21);. The summed E-state index contributed by atoms with van der Waals surface area (Å²) in [7, 11) is -8.13. The molecule has 0 fully saturated rings. The van der Waals surface area contributed by atoms with Gasteiger partial charge in [0.05, 0.1) is 9.79 Å². The van der Waals surface area contributed by atoms with Crippen LogP contribution in [0, 0.1) is 0 Å². The second kappa shape index (κ2) is 26.9. The van der Waals surface area contributed by atoms with Crippen molar-refractivity contribution in [3.8, 4) is 0 Å². The molecule has 0 bridgehead atoms. The van der Waals surface area contributed by atoms with Gasteiger partial charge >= 0.3 is 0 Å². The molecule has 2 rings (SSSR count). The fraction of sp³-hybridized carbons (Fsp3) is 0.667. The van der Waals surface area contributed by atoms with Crippen molar-refractivity contribution in [1.29, 1.82) is 0 Å². The zero-order valence-electron chi connectivity index (χ0n) is 28.2. The maximum atomic E-state index is 10.9. The summed E-state index contributed by atoms with van der Waals surface area (Å²) in [5.41, 5.74) is 2.26. The summed E-state index contributed by atoms with van der Waals surface area (Å²) in [6.45, 7) is 4.49. The summed E-state index contributed by atoms with van der Waals surface area (Å²) in [6, 6.07) is 13.0. The van der Waals surface area contributed by atoms with Crippen molar-refractivity contribution in [1.82, 2.24) is 0 Å². The molecule has 0 aliphatic rings. The Morgan fingerprint density at radius 3 is 0.844 bits per heavy atom. The quantitative estimate of drug-likeness (QED) is 0.0635. The molecule has 6 nitrogen and oxygen atoms in total. The molecule has 0 radical (unpaired) electrons. The first-order valence-corrected chi connectivity index (χ1v) is 20.1. The Morgan fingerprint density at radius 1 is 0.400 bits per heavy atom. The maximum Gasteiger partial charge on any atom is 0.294 e. The first-order valence-electron chi connectivity index (χ1n) is 17.2. The molecule has 0 saturated heterocycles.